The fourth-order valence-corrected chi connectivity index (χ4v) is 18.6. The second-order valence-corrected chi connectivity index (χ2v) is 37.2. The van der Waals surface area contributed by atoms with Crippen molar-refractivity contribution in [3.63, 3.8) is 0 Å². The molecule has 4 aliphatic rings. The zero-order chi connectivity index (χ0) is 87.1. The Morgan fingerprint density at radius 1 is 0.357 bits per heavy atom. The lowest BCUT2D eigenvalue weighted by Crippen LogP contribution is -2.39. The summed E-state index contributed by atoms with van der Waals surface area (Å²) >= 11 is 4.71. The van der Waals surface area contributed by atoms with E-state index < -0.39 is 0 Å². The van der Waals surface area contributed by atoms with Crippen LogP contribution in [0.15, 0.2) is 176 Å². The van der Waals surface area contributed by atoms with Crippen LogP contribution in [0.25, 0.3) is 86.1 Å². The Bertz CT molecular complexity index is 6100. The van der Waals surface area contributed by atoms with Gasteiger partial charge in [0, 0.05) is 136 Å². The number of hydrogen-bond donors (Lipinski definition) is 0. The molecule has 16 heterocycles. The van der Waals surface area contributed by atoms with E-state index in [0.717, 1.165) is 228 Å². The van der Waals surface area contributed by atoms with Crippen LogP contribution < -0.4 is 0 Å². The topological polar surface area (TPSA) is 320 Å². The normalized spacial score (nSPS) is 15.5. The first kappa shape index (κ1) is 85.8. The summed E-state index contributed by atoms with van der Waals surface area (Å²) in [5.41, 5.74) is 9.37. The van der Waals surface area contributed by atoms with E-state index in [1.807, 2.05) is 169 Å². The van der Waals surface area contributed by atoms with Crippen LogP contribution in [0, 0.1) is 27.7 Å². The van der Waals surface area contributed by atoms with Crippen molar-refractivity contribution in [2.45, 2.75) is 149 Å². The summed E-state index contributed by atoms with van der Waals surface area (Å²) in [6, 6.07) is 34.4. The van der Waals surface area contributed by atoms with Crippen LogP contribution in [0.5, 0.6) is 0 Å². The number of Topliss-reactive ketones (excluding diaryl/α,β-unsaturated/α-hetero) is 4. The number of pyridine rings is 4. The van der Waals surface area contributed by atoms with Crippen LogP contribution in [0.2, 0.25) is 0 Å². The molecular formula is C94H100N24O5S3. The summed E-state index contributed by atoms with van der Waals surface area (Å²) in [5.74, 6) is 1.42. The number of rotatable bonds is 21. The van der Waals surface area contributed by atoms with Crippen LogP contribution >= 0.6 is 34.0 Å². The number of carbonyl (C=O) groups is 4. The first-order valence-corrected chi connectivity index (χ1v) is 45.4. The van der Waals surface area contributed by atoms with Crippen LogP contribution in [0.4, 0.5) is 0 Å². The van der Waals surface area contributed by atoms with Gasteiger partial charge in [-0.25, -0.2) is 9.67 Å². The van der Waals surface area contributed by atoms with E-state index >= 15 is 0 Å². The molecule has 4 aliphatic heterocycles. The number of piperidine rings is 4. The molecule has 0 saturated carbocycles. The Morgan fingerprint density at radius 2 is 0.683 bits per heavy atom. The van der Waals surface area contributed by atoms with Crippen molar-refractivity contribution in [3.05, 3.63) is 237 Å². The number of benzene rings is 4. The highest BCUT2D eigenvalue weighted by Crippen LogP contribution is 2.34. The Labute approximate surface area is 741 Å². The van der Waals surface area contributed by atoms with Crippen molar-refractivity contribution in [1.29, 1.82) is 0 Å². The summed E-state index contributed by atoms with van der Waals surface area (Å²) in [7, 11) is 6.41. The molecule has 644 valence electrons. The molecule has 0 radical (unpaired) electrons. The minimum atomic E-state index is -0.0677. The first-order chi connectivity index (χ1) is 61.1. The Balaban J connectivity index is 0.000000119. The van der Waals surface area contributed by atoms with E-state index in [1.54, 1.807) is 65.0 Å². The third-order valence-corrected chi connectivity index (χ3v) is 26.7. The van der Waals surface area contributed by atoms with E-state index in [4.69, 9.17) is 4.42 Å². The molecule has 29 nitrogen and oxygen atoms in total. The maximum Gasteiger partial charge on any atom is 0.191 e. The van der Waals surface area contributed by atoms with Crippen molar-refractivity contribution < 1.29 is 23.6 Å². The van der Waals surface area contributed by atoms with Crippen molar-refractivity contribution in [2.75, 3.05) is 73.5 Å². The van der Waals surface area contributed by atoms with Gasteiger partial charge in [0.05, 0.1) is 97.5 Å². The van der Waals surface area contributed by atoms with Crippen molar-refractivity contribution in [3.8, 4) is 43.0 Å². The third kappa shape index (κ3) is 20.9. The third-order valence-electron chi connectivity index (χ3n) is 24.1. The van der Waals surface area contributed by atoms with Gasteiger partial charge >= 0.3 is 0 Å². The van der Waals surface area contributed by atoms with Crippen molar-refractivity contribution in [1.82, 2.24) is 119 Å². The number of aryl methyl sites for hydroxylation is 4. The van der Waals surface area contributed by atoms with Gasteiger partial charge in [0.1, 0.15) is 35.7 Å². The van der Waals surface area contributed by atoms with Crippen LogP contribution in [-0.4, -0.2) is 222 Å². The van der Waals surface area contributed by atoms with Crippen molar-refractivity contribution >= 4 is 100 Å². The standard InChI is InChI=1S/C25H28N6OS.C24H25N5O2.C23H24N6OS.C22H23N7OS/c1-16(2)30-8-6-23(7-9-30)31-15-21(14-27-31)24(32)12-22-11-20-10-18(4-5-19(20)13-26-22)25-29-28-17(3)33-25;1-16-25-14-24(31-16)17-3-4-18-12-26-21(10-19(18)9-17)11-23(30)20-13-27-29(15-20)22-5-7-28(2)8-6-22;1-15-26-27-23(31-15)16-3-4-17-12-24-20(10-18(17)9-16)11-22(30)19-13-25-29(14-19)21-5-7-28(2)8-6-21;1-14-24-26-22(31-14)15-3-4-16-12-23-18(10-17(16)9-15)11-21(30)20-13-29(27-25-20)19-5-7-28(2)8-6-19/h4-5,10-11,13-16,23H,6-9,12H2,1-3H3;3-4,9-10,12-15,22H,5-8,11H2,1-2H3;3-4,9-10,12-14,21H,5-8,11H2,1-2H3;3-4,9-10,12-13,19H,5-8,11H2,1-2H3. The number of fused-ring (bicyclic) bond motifs is 4. The highest BCUT2D eigenvalue weighted by Gasteiger charge is 2.28. The van der Waals surface area contributed by atoms with Gasteiger partial charge in [-0.2, -0.15) is 15.3 Å². The van der Waals surface area contributed by atoms with E-state index in [-0.39, 0.29) is 48.8 Å². The van der Waals surface area contributed by atoms with Gasteiger partial charge in [0.25, 0.3) is 0 Å². The van der Waals surface area contributed by atoms with Gasteiger partial charge < -0.3 is 24.0 Å². The molecular weight excluding hydrogens is 1640 g/mol. The van der Waals surface area contributed by atoms with Crippen LogP contribution in [-0.2, 0) is 25.7 Å². The van der Waals surface area contributed by atoms with Crippen LogP contribution in [0.3, 0.4) is 0 Å². The number of oxazole rings is 1. The molecule has 32 heteroatoms. The molecule has 0 aliphatic carbocycles. The van der Waals surface area contributed by atoms with Crippen molar-refractivity contribution in [2.24, 2.45) is 0 Å². The lowest BCUT2D eigenvalue weighted by atomic mass is 10.0. The quantitative estimate of drug-likeness (QED) is 0.0603. The highest BCUT2D eigenvalue weighted by molar-refractivity contribution is 7.15. The van der Waals surface area contributed by atoms with Gasteiger partial charge in [0.15, 0.2) is 34.8 Å². The lowest BCUT2D eigenvalue weighted by Gasteiger charge is -2.34. The zero-order valence-corrected chi connectivity index (χ0v) is 74.6. The number of hydrogen-bond acceptors (Lipinski definition) is 28. The molecule has 0 unspecified atom stereocenters. The second-order valence-electron chi connectivity index (χ2n) is 33.6. The molecule has 0 amide bonds. The molecule has 0 atom stereocenters. The minimum absolute atomic E-state index is 0.0352. The molecule has 0 N–H and O–H groups in total. The molecule has 4 aromatic carbocycles. The zero-order valence-electron chi connectivity index (χ0n) is 72.2. The average molecular weight is 1740 g/mol. The summed E-state index contributed by atoms with van der Waals surface area (Å²) < 4.78 is 13.4. The smallest absolute Gasteiger partial charge is 0.191 e. The van der Waals surface area contributed by atoms with E-state index in [0.29, 0.717) is 58.5 Å². The van der Waals surface area contributed by atoms with E-state index in [1.165, 1.54) is 0 Å². The maximum absolute atomic E-state index is 13.0. The average Bonchev–Trinajstić information content (AvgIpc) is 1.29. The van der Waals surface area contributed by atoms with Gasteiger partial charge in [0.2, 0.25) is 0 Å². The highest BCUT2D eigenvalue weighted by atomic mass is 32.1. The fourth-order valence-electron chi connectivity index (χ4n) is 16.5. The maximum atomic E-state index is 13.0. The van der Waals surface area contributed by atoms with E-state index in [9.17, 15) is 19.2 Å². The predicted molar refractivity (Wildman–Crippen MR) is 489 cm³/mol. The number of aromatic nitrogens is 20. The summed E-state index contributed by atoms with van der Waals surface area (Å²) in [5, 5.41) is 60.6. The van der Waals surface area contributed by atoms with E-state index in [2.05, 4.69) is 154 Å². The Kier molecular flexibility index (Phi) is 26.3. The number of nitrogens with zero attached hydrogens (tertiary/aromatic N) is 24. The van der Waals surface area contributed by atoms with Gasteiger partial charge in [-0.15, -0.1) is 35.7 Å². The first-order valence-electron chi connectivity index (χ1n) is 43.0. The number of carbonyl (C=O) groups excluding carboxylic acids is 4. The molecule has 20 rings (SSSR count). The second kappa shape index (κ2) is 38.7. The van der Waals surface area contributed by atoms with Gasteiger partial charge in [-0.05, 0) is 216 Å². The van der Waals surface area contributed by atoms with Gasteiger partial charge in [-0.1, -0.05) is 87.8 Å². The fraction of sp³-hybridized carbons (Fsp3) is 0.362. The number of ketones is 4. The molecule has 4 fully saturated rings. The molecule has 126 heavy (non-hydrogen) atoms. The van der Waals surface area contributed by atoms with Crippen LogP contribution in [0.1, 0.15) is 175 Å². The SMILES string of the molecule is Cc1ncc(-c2ccc3cnc(CC(=O)c4cnn(C5CCN(C)CC5)c4)cc3c2)o1.Cc1nnc(-c2ccc3cnc(CC(=O)c4cn(C5CCN(C)CC5)nn4)cc3c2)s1.Cc1nnc(-c2ccc3cnc(CC(=O)c4cnn(C5CCN(C(C)C)CC5)c4)cc3c2)s1.Cc1nnc(-c2ccc3cnc(CC(=O)c4cnn(C5CCN(C)CC5)c4)cc3c2)s1. The van der Waals surface area contributed by atoms with Gasteiger partial charge in [-0.3, -0.25) is 53.2 Å². The number of likely N-dealkylation sites (tertiary alicyclic amines) is 4. The largest absolute Gasteiger partial charge is 0.441 e. The molecule has 4 saturated heterocycles. The summed E-state index contributed by atoms with van der Waals surface area (Å²) in [6.07, 6.45) is 31.0. The predicted octanol–water partition coefficient (Wildman–Crippen LogP) is 16.1. The molecule has 0 spiro atoms. The monoisotopic (exact) mass is 1740 g/mol. The summed E-state index contributed by atoms with van der Waals surface area (Å²) in [4.78, 5) is 83.1. The Hall–Kier alpha value is -12.3. The lowest BCUT2D eigenvalue weighted by molar-refractivity contribution is 0.0980. The summed E-state index contributed by atoms with van der Waals surface area (Å²) in [6.45, 7) is 20.6. The molecule has 16 aromatic rings. The Morgan fingerprint density at radius 3 is 1.01 bits per heavy atom. The minimum Gasteiger partial charge on any atom is -0.441 e. The molecule has 0 bridgehead atoms. The molecule has 12 aromatic heterocycles.